The number of rotatable bonds is 6. The third-order valence-electron chi connectivity index (χ3n) is 5.37. The van der Waals surface area contributed by atoms with E-state index >= 15 is 0 Å². The summed E-state index contributed by atoms with van der Waals surface area (Å²) in [6, 6.07) is 4.70. The van der Waals surface area contributed by atoms with Crippen LogP contribution in [0.2, 0.25) is 0 Å². The lowest BCUT2D eigenvalue weighted by Gasteiger charge is -2.24. The van der Waals surface area contributed by atoms with Gasteiger partial charge in [-0.05, 0) is 43.9 Å². The van der Waals surface area contributed by atoms with Crippen LogP contribution in [0.25, 0.3) is 10.9 Å². The molecule has 146 valence electrons. The van der Waals surface area contributed by atoms with Crippen LogP contribution in [0, 0.1) is 5.92 Å². The second-order valence-corrected chi connectivity index (χ2v) is 7.29. The van der Waals surface area contributed by atoms with E-state index in [1.165, 1.54) is 25.3 Å². The molecule has 0 spiro atoms. The molecule has 1 amide bonds. The Labute approximate surface area is 161 Å². The van der Waals surface area contributed by atoms with Gasteiger partial charge in [-0.15, -0.1) is 0 Å². The van der Waals surface area contributed by atoms with E-state index in [0.29, 0.717) is 29.6 Å². The Balaban J connectivity index is 1.46. The number of hydrogen-bond acceptors (Lipinski definition) is 4. The molecule has 2 heterocycles. The van der Waals surface area contributed by atoms with Crippen LogP contribution in [-0.2, 0) is 19.6 Å². The molecule has 0 aliphatic heterocycles. The predicted octanol–water partition coefficient (Wildman–Crippen LogP) is 1.64. The average Bonchev–Trinajstić information content (AvgIpc) is 3.10. The molecule has 1 aromatic carbocycles. The number of nitrogens with zero attached hydrogens (tertiary/aromatic N) is 3. The van der Waals surface area contributed by atoms with E-state index < -0.39 is 5.69 Å². The van der Waals surface area contributed by atoms with Crippen molar-refractivity contribution in [2.45, 2.75) is 45.8 Å². The lowest BCUT2D eigenvalue weighted by Crippen LogP contribution is -2.34. The predicted molar refractivity (Wildman–Crippen MR) is 105 cm³/mol. The van der Waals surface area contributed by atoms with E-state index in [1.807, 2.05) is 10.9 Å². The van der Waals surface area contributed by atoms with Crippen molar-refractivity contribution in [2.75, 3.05) is 0 Å². The molecule has 0 unspecified atom stereocenters. The van der Waals surface area contributed by atoms with Crippen molar-refractivity contribution in [3.05, 3.63) is 62.6 Å². The van der Waals surface area contributed by atoms with Gasteiger partial charge in [0.15, 0.2) is 0 Å². The van der Waals surface area contributed by atoms with Gasteiger partial charge in [-0.25, -0.2) is 4.79 Å². The van der Waals surface area contributed by atoms with Crippen LogP contribution in [0.4, 0.5) is 0 Å². The van der Waals surface area contributed by atoms with Gasteiger partial charge in [0.05, 0.1) is 17.1 Å². The minimum atomic E-state index is -0.476. The number of aromatic amines is 1. The van der Waals surface area contributed by atoms with Gasteiger partial charge in [-0.2, -0.15) is 5.10 Å². The number of carbonyl (C=O) groups is 1. The Hall–Kier alpha value is -3.16. The summed E-state index contributed by atoms with van der Waals surface area (Å²) in [5, 5.41) is 7.60. The largest absolute Gasteiger partial charge is 0.348 e. The SMILES string of the molecule is CCn1c(=O)[nH]c2cc(C(=O)NCc3cnn(CC4CCC4)c3)ccc2c1=O. The van der Waals surface area contributed by atoms with Crippen molar-refractivity contribution in [2.24, 2.45) is 5.92 Å². The van der Waals surface area contributed by atoms with E-state index in [4.69, 9.17) is 0 Å². The molecule has 28 heavy (non-hydrogen) atoms. The maximum atomic E-state index is 12.5. The summed E-state index contributed by atoms with van der Waals surface area (Å²) >= 11 is 0. The van der Waals surface area contributed by atoms with Crippen LogP contribution in [0.5, 0.6) is 0 Å². The van der Waals surface area contributed by atoms with Crippen molar-refractivity contribution in [1.29, 1.82) is 0 Å². The maximum absolute atomic E-state index is 12.5. The molecular formula is C20H23N5O3. The van der Waals surface area contributed by atoms with Crippen molar-refractivity contribution in [1.82, 2.24) is 24.6 Å². The highest BCUT2D eigenvalue weighted by Gasteiger charge is 2.18. The van der Waals surface area contributed by atoms with E-state index in [-0.39, 0.29) is 11.5 Å². The molecule has 1 aliphatic rings. The summed E-state index contributed by atoms with van der Waals surface area (Å²) in [6.45, 7) is 3.33. The number of hydrogen-bond donors (Lipinski definition) is 2. The molecule has 1 aliphatic carbocycles. The number of carbonyl (C=O) groups excluding carboxylic acids is 1. The molecular weight excluding hydrogens is 358 g/mol. The molecule has 1 fully saturated rings. The molecule has 0 atom stereocenters. The van der Waals surface area contributed by atoms with E-state index in [9.17, 15) is 14.4 Å². The Kier molecular flexibility index (Phi) is 4.85. The van der Waals surface area contributed by atoms with Gasteiger partial charge >= 0.3 is 5.69 Å². The van der Waals surface area contributed by atoms with Crippen LogP contribution in [0.1, 0.15) is 42.1 Å². The fraction of sp³-hybridized carbons (Fsp3) is 0.400. The third-order valence-corrected chi connectivity index (χ3v) is 5.37. The smallest absolute Gasteiger partial charge is 0.328 e. The van der Waals surface area contributed by atoms with Gasteiger partial charge in [0, 0.05) is 37.0 Å². The van der Waals surface area contributed by atoms with Gasteiger partial charge in [-0.1, -0.05) is 6.42 Å². The fourth-order valence-corrected chi connectivity index (χ4v) is 3.50. The van der Waals surface area contributed by atoms with Crippen LogP contribution in [0.3, 0.4) is 0 Å². The maximum Gasteiger partial charge on any atom is 0.328 e. The zero-order chi connectivity index (χ0) is 19.7. The number of amides is 1. The fourth-order valence-electron chi connectivity index (χ4n) is 3.50. The van der Waals surface area contributed by atoms with Gasteiger partial charge in [0.1, 0.15) is 0 Å². The number of benzene rings is 1. The summed E-state index contributed by atoms with van der Waals surface area (Å²) in [5.74, 6) is 0.452. The highest BCUT2D eigenvalue weighted by Crippen LogP contribution is 2.27. The summed E-state index contributed by atoms with van der Waals surface area (Å²) in [7, 11) is 0. The first-order chi connectivity index (χ1) is 13.5. The molecule has 8 nitrogen and oxygen atoms in total. The van der Waals surface area contributed by atoms with Crippen LogP contribution >= 0.6 is 0 Å². The van der Waals surface area contributed by atoms with Crippen LogP contribution in [-0.4, -0.2) is 25.2 Å². The molecule has 3 aromatic rings. The molecule has 0 bridgehead atoms. The number of H-pyrrole nitrogens is 1. The Bertz CT molecular complexity index is 1140. The number of fused-ring (bicyclic) bond motifs is 1. The van der Waals surface area contributed by atoms with E-state index in [1.54, 1.807) is 25.3 Å². The van der Waals surface area contributed by atoms with Crippen LogP contribution < -0.4 is 16.6 Å². The Morgan fingerprint density at radius 3 is 2.86 bits per heavy atom. The van der Waals surface area contributed by atoms with Gasteiger partial charge in [0.2, 0.25) is 0 Å². The van der Waals surface area contributed by atoms with Crippen LogP contribution in [0.15, 0.2) is 40.2 Å². The van der Waals surface area contributed by atoms with E-state index in [2.05, 4.69) is 15.4 Å². The van der Waals surface area contributed by atoms with Crippen molar-refractivity contribution in [3.8, 4) is 0 Å². The second-order valence-electron chi connectivity index (χ2n) is 7.29. The van der Waals surface area contributed by atoms with Crippen molar-refractivity contribution in [3.63, 3.8) is 0 Å². The topological polar surface area (TPSA) is 102 Å². The van der Waals surface area contributed by atoms with Gasteiger partial charge in [0.25, 0.3) is 11.5 Å². The average molecular weight is 381 g/mol. The first kappa shape index (κ1) is 18.2. The van der Waals surface area contributed by atoms with Crippen molar-refractivity contribution >= 4 is 16.8 Å². The van der Waals surface area contributed by atoms with Gasteiger partial charge < -0.3 is 10.3 Å². The highest BCUT2D eigenvalue weighted by molar-refractivity contribution is 5.97. The first-order valence-electron chi connectivity index (χ1n) is 9.61. The lowest BCUT2D eigenvalue weighted by molar-refractivity contribution is 0.0951. The lowest BCUT2D eigenvalue weighted by atomic mass is 9.85. The monoisotopic (exact) mass is 381 g/mol. The summed E-state index contributed by atoms with van der Waals surface area (Å²) < 4.78 is 3.06. The second kappa shape index (κ2) is 7.46. The molecule has 0 radical (unpaired) electrons. The molecule has 0 saturated heterocycles. The summed E-state index contributed by atoms with van der Waals surface area (Å²) in [4.78, 5) is 39.4. The Morgan fingerprint density at radius 1 is 1.32 bits per heavy atom. The molecule has 2 aromatic heterocycles. The zero-order valence-corrected chi connectivity index (χ0v) is 15.8. The van der Waals surface area contributed by atoms with E-state index in [0.717, 1.165) is 22.6 Å². The number of aromatic nitrogens is 4. The molecule has 8 heteroatoms. The molecule has 4 rings (SSSR count). The Morgan fingerprint density at radius 2 is 2.14 bits per heavy atom. The minimum absolute atomic E-state index is 0.269. The summed E-state index contributed by atoms with van der Waals surface area (Å²) in [5.41, 5.74) is 0.857. The summed E-state index contributed by atoms with van der Waals surface area (Å²) in [6.07, 6.45) is 7.56. The first-order valence-corrected chi connectivity index (χ1v) is 9.61. The standard InChI is InChI=1S/C20H23N5O3/c1-2-25-19(27)16-7-6-15(8-17(16)23-20(25)28)18(26)21-9-14-10-22-24(12-14)11-13-4-3-5-13/h6-8,10,12-13H,2-5,9,11H2,1H3,(H,21,26)(H,23,28). The number of nitrogens with one attached hydrogen (secondary N) is 2. The molecule has 1 saturated carbocycles. The van der Waals surface area contributed by atoms with Crippen molar-refractivity contribution < 1.29 is 4.79 Å². The third kappa shape index (κ3) is 3.49. The minimum Gasteiger partial charge on any atom is -0.348 e. The van der Waals surface area contributed by atoms with Gasteiger partial charge in [-0.3, -0.25) is 18.8 Å². The quantitative estimate of drug-likeness (QED) is 0.678. The highest BCUT2D eigenvalue weighted by atomic mass is 16.2. The molecule has 2 N–H and O–H groups in total. The zero-order valence-electron chi connectivity index (χ0n) is 15.8. The normalized spacial score (nSPS) is 14.2.